The van der Waals surface area contributed by atoms with E-state index in [1.165, 1.54) is 12.8 Å². The fourth-order valence-corrected chi connectivity index (χ4v) is 2.11. The van der Waals surface area contributed by atoms with Crippen LogP contribution in [0.25, 0.3) is 0 Å². The van der Waals surface area contributed by atoms with Crippen LogP contribution >= 0.6 is 0 Å². The second kappa shape index (κ2) is 4.87. The first-order valence-electron chi connectivity index (χ1n) is 6.38. The van der Waals surface area contributed by atoms with Gasteiger partial charge in [0.2, 0.25) is 11.8 Å². The van der Waals surface area contributed by atoms with Crippen LogP contribution in [0.15, 0.2) is 30.7 Å². The summed E-state index contributed by atoms with van der Waals surface area (Å²) >= 11 is 0. The summed E-state index contributed by atoms with van der Waals surface area (Å²) < 4.78 is 7.07. The summed E-state index contributed by atoms with van der Waals surface area (Å²) in [4.78, 5) is 8.44. The van der Waals surface area contributed by atoms with Gasteiger partial charge in [0.1, 0.15) is 0 Å². The number of anilines is 1. The van der Waals surface area contributed by atoms with Gasteiger partial charge in [0, 0.05) is 43.2 Å². The zero-order chi connectivity index (χ0) is 13.1. The second-order valence-corrected chi connectivity index (χ2v) is 4.98. The first-order chi connectivity index (χ1) is 9.30. The Labute approximate surface area is 111 Å². The fourth-order valence-electron chi connectivity index (χ4n) is 2.11. The maximum absolute atomic E-state index is 5.08. The Morgan fingerprint density at radius 1 is 1.42 bits per heavy atom. The molecule has 0 aliphatic heterocycles. The van der Waals surface area contributed by atoms with E-state index in [4.69, 9.17) is 4.74 Å². The van der Waals surface area contributed by atoms with Crippen molar-refractivity contribution in [1.82, 2.24) is 19.7 Å². The van der Waals surface area contributed by atoms with Crippen LogP contribution in [-0.2, 0) is 6.54 Å². The number of nitrogens with one attached hydrogen (secondary N) is 1. The normalized spacial score (nSPS) is 16.1. The molecule has 6 nitrogen and oxygen atoms in total. The molecule has 6 heteroatoms. The summed E-state index contributed by atoms with van der Waals surface area (Å²) in [5.74, 6) is 1.19. The van der Waals surface area contributed by atoms with E-state index in [1.807, 2.05) is 23.1 Å². The lowest BCUT2D eigenvalue weighted by molar-refractivity contribution is 0.396. The number of nitrogens with zero attached hydrogens (tertiary/aromatic N) is 4. The van der Waals surface area contributed by atoms with Gasteiger partial charge in [0.15, 0.2) is 0 Å². The molecular formula is C13H17N5O. The molecule has 0 atom stereocenters. The molecule has 0 radical (unpaired) electrons. The predicted octanol–water partition coefficient (Wildman–Crippen LogP) is 1.57. The van der Waals surface area contributed by atoms with Crippen molar-refractivity contribution in [3.63, 3.8) is 0 Å². The fraction of sp³-hybridized carbons (Fsp3) is 0.462. The van der Waals surface area contributed by atoms with Gasteiger partial charge in [0.05, 0.1) is 7.11 Å². The van der Waals surface area contributed by atoms with Crippen molar-refractivity contribution in [2.24, 2.45) is 5.41 Å². The number of hydrogen-bond acceptors (Lipinski definition) is 5. The molecule has 2 aromatic rings. The summed E-state index contributed by atoms with van der Waals surface area (Å²) in [5, 5.41) is 7.55. The van der Waals surface area contributed by atoms with Crippen LogP contribution < -0.4 is 10.1 Å². The van der Waals surface area contributed by atoms with Crippen LogP contribution in [0.2, 0.25) is 0 Å². The molecule has 3 rings (SSSR count). The molecule has 0 unspecified atom stereocenters. The monoisotopic (exact) mass is 259 g/mol. The van der Waals surface area contributed by atoms with Crippen molar-refractivity contribution in [3.8, 4) is 5.88 Å². The van der Waals surface area contributed by atoms with Gasteiger partial charge in [-0.1, -0.05) is 0 Å². The lowest BCUT2D eigenvalue weighted by Crippen LogP contribution is -2.22. The van der Waals surface area contributed by atoms with Crippen molar-refractivity contribution in [1.29, 1.82) is 0 Å². The van der Waals surface area contributed by atoms with E-state index < -0.39 is 0 Å². The highest BCUT2D eigenvalue weighted by atomic mass is 16.5. The second-order valence-electron chi connectivity index (χ2n) is 4.98. The number of methoxy groups -OCH3 is 1. The molecule has 19 heavy (non-hydrogen) atoms. The van der Waals surface area contributed by atoms with Gasteiger partial charge in [-0.25, -0.2) is 4.98 Å². The summed E-state index contributed by atoms with van der Waals surface area (Å²) in [5.41, 5.74) is 0.290. The van der Waals surface area contributed by atoms with E-state index in [0.717, 1.165) is 13.1 Å². The van der Waals surface area contributed by atoms with E-state index in [2.05, 4.69) is 20.4 Å². The average Bonchev–Trinajstić information content (AvgIpc) is 3.01. The van der Waals surface area contributed by atoms with Crippen LogP contribution in [0.3, 0.4) is 0 Å². The highest BCUT2D eigenvalue weighted by Gasteiger charge is 2.43. The molecule has 1 N–H and O–H groups in total. The van der Waals surface area contributed by atoms with Gasteiger partial charge in [-0.2, -0.15) is 10.1 Å². The summed E-state index contributed by atoms with van der Waals surface area (Å²) in [6, 6.07) is 3.69. The molecular weight excluding hydrogens is 242 g/mol. The van der Waals surface area contributed by atoms with E-state index in [1.54, 1.807) is 19.4 Å². The van der Waals surface area contributed by atoms with Crippen LogP contribution in [0, 0.1) is 5.41 Å². The smallest absolute Gasteiger partial charge is 0.225 e. The maximum atomic E-state index is 5.08. The van der Waals surface area contributed by atoms with Crippen molar-refractivity contribution >= 4 is 5.95 Å². The Balaban J connectivity index is 1.59. The van der Waals surface area contributed by atoms with E-state index in [-0.39, 0.29) is 0 Å². The Morgan fingerprint density at radius 3 is 3.00 bits per heavy atom. The van der Waals surface area contributed by atoms with Crippen LogP contribution in [-0.4, -0.2) is 33.4 Å². The maximum Gasteiger partial charge on any atom is 0.225 e. The minimum atomic E-state index is 0.290. The molecule has 1 aliphatic carbocycles. The van der Waals surface area contributed by atoms with Crippen molar-refractivity contribution in [2.45, 2.75) is 19.4 Å². The standard InChI is InChI=1S/C13H17N5O/c1-19-11-3-7-14-12(17-11)15-9-13(4-5-13)10-18-8-2-6-16-18/h2-3,6-8H,4-5,9-10H2,1H3,(H,14,15,17). The Bertz CT molecular complexity index is 536. The van der Waals surface area contributed by atoms with E-state index in [9.17, 15) is 0 Å². The molecule has 0 aromatic carbocycles. The Hall–Kier alpha value is -2.11. The molecule has 2 aromatic heterocycles. The molecule has 1 aliphatic rings. The molecule has 0 saturated heterocycles. The lowest BCUT2D eigenvalue weighted by atomic mass is 10.1. The summed E-state index contributed by atoms with van der Waals surface area (Å²) in [6.45, 7) is 1.80. The molecule has 1 fully saturated rings. The minimum absolute atomic E-state index is 0.290. The third-order valence-corrected chi connectivity index (χ3v) is 3.47. The van der Waals surface area contributed by atoms with Gasteiger partial charge >= 0.3 is 0 Å². The third-order valence-electron chi connectivity index (χ3n) is 3.47. The van der Waals surface area contributed by atoms with E-state index in [0.29, 0.717) is 17.2 Å². The predicted molar refractivity (Wildman–Crippen MR) is 71.0 cm³/mol. The number of rotatable bonds is 6. The SMILES string of the molecule is COc1ccnc(NCC2(Cn3cccn3)CC2)n1. The van der Waals surface area contributed by atoms with Crippen LogP contribution in [0.4, 0.5) is 5.95 Å². The average molecular weight is 259 g/mol. The largest absolute Gasteiger partial charge is 0.481 e. The van der Waals surface area contributed by atoms with Crippen molar-refractivity contribution in [2.75, 3.05) is 19.0 Å². The topological polar surface area (TPSA) is 64.9 Å². The zero-order valence-electron chi connectivity index (χ0n) is 10.9. The van der Waals surface area contributed by atoms with E-state index >= 15 is 0 Å². The minimum Gasteiger partial charge on any atom is -0.481 e. The Kier molecular flexibility index (Phi) is 3.06. The van der Waals surface area contributed by atoms with Crippen LogP contribution in [0.1, 0.15) is 12.8 Å². The lowest BCUT2D eigenvalue weighted by Gasteiger charge is -2.16. The number of ether oxygens (including phenoxy) is 1. The molecule has 0 bridgehead atoms. The van der Waals surface area contributed by atoms with Crippen molar-refractivity contribution in [3.05, 3.63) is 30.7 Å². The molecule has 0 spiro atoms. The molecule has 100 valence electrons. The van der Waals surface area contributed by atoms with Gasteiger partial charge in [0.25, 0.3) is 0 Å². The third kappa shape index (κ3) is 2.83. The summed E-state index contributed by atoms with van der Waals surface area (Å²) in [6.07, 6.45) is 7.94. The first-order valence-corrected chi connectivity index (χ1v) is 6.38. The highest BCUT2D eigenvalue weighted by Crippen LogP contribution is 2.46. The van der Waals surface area contributed by atoms with Gasteiger partial charge in [-0.05, 0) is 18.9 Å². The Morgan fingerprint density at radius 2 is 2.32 bits per heavy atom. The summed E-state index contributed by atoms with van der Waals surface area (Å²) in [7, 11) is 1.60. The molecule has 0 amide bonds. The first kappa shape index (κ1) is 12.0. The van der Waals surface area contributed by atoms with Crippen molar-refractivity contribution < 1.29 is 4.74 Å². The number of hydrogen-bond donors (Lipinski definition) is 1. The zero-order valence-corrected chi connectivity index (χ0v) is 10.9. The van der Waals surface area contributed by atoms with Gasteiger partial charge in [-0.15, -0.1) is 0 Å². The van der Waals surface area contributed by atoms with Gasteiger partial charge in [-0.3, -0.25) is 4.68 Å². The van der Waals surface area contributed by atoms with Gasteiger partial charge < -0.3 is 10.1 Å². The highest BCUT2D eigenvalue weighted by molar-refractivity contribution is 5.28. The molecule has 2 heterocycles. The van der Waals surface area contributed by atoms with Crippen LogP contribution in [0.5, 0.6) is 5.88 Å². The molecule has 1 saturated carbocycles. The number of aromatic nitrogens is 4. The quantitative estimate of drug-likeness (QED) is 0.853.